The van der Waals surface area contributed by atoms with Crippen molar-refractivity contribution in [2.45, 2.75) is 13.3 Å². The van der Waals surface area contributed by atoms with Gasteiger partial charge in [-0.25, -0.2) is 4.79 Å². The van der Waals surface area contributed by atoms with Crippen LogP contribution in [0.3, 0.4) is 0 Å². The summed E-state index contributed by atoms with van der Waals surface area (Å²) in [5, 5.41) is 10.9. The van der Waals surface area contributed by atoms with Gasteiger partial charge in [0, 0.05) is 32.6 Å². The Morgan fingerprint density at radius 3 is 3.12 bits per heavy atom. The number of nitrogens with zero attached hydrogens (tertiary/aromatic N) is 3. The van der Waals surface area contributed by atoms with E-state index in [1.807, 2.05) is 11.6 Å². The Bertz CT molecular complexity index is 373. The van der Waals surface area contributed by atoms with Crippen molar-refractivity contribution in [3.05, 3.63) is 24.3 Å². The molecule has 0 aliphatic heterocycles. The number of hydrogen-bond donors (Lipinski definition) is 1. The van der Waals surface area contributed by atoms with Crippen LogP contribution in [0.1, 0.15) is 12.7 Å². The van der Waals surface area contributed by atoms with Crippen LogP contribution >= 0.6 is 0 Å². The molecule has 0 aromatic carbocycles. The Labute approximate surface area is 101 Å². The summed E-state index contributed by atoms with van der Waals surface area (Å²) in [5.74, 6) is 0.634. The molecule has 17 heavy (non-hydrogen) atoms. The van der Waals surface area contributed by atoms with Crippen LogP contribution in [0.4, 0.5) is 0 Å². The Kier molecular flexibility index (Phi) is 5.95. The average molecular weight is 238 g/mol. The molecule has 1 rings (SSSR count). The number of nitrogens with one attached hydrogen (secondary N) is 1. The highest BCUT2D eigenvalue weighted by molar-refractivity contribution is 5.81. The summed E-state index contributed by atoms with van der Waals surface area (Å²) in [7, 11) is 1.91. The fourth-order valence-electron chi connectivity index (χ4n) is 1.26. The molecule has 6 heteroatoms. The van der Waals surface area contributed by atoms with Crippen LogP contribution in [-0.4, -0.2) is 40.4 Å². The van der Waals surface area contributed by atoms with Crippen LogP contribution in [-0.2, 0) is 23.0 Å². The van der Waals surface area contributed by atoms with Crippen LogP contribution in [0.5, 0.6) is 0 Å². The van der Waals surface area contributed by atoms with Gasteiger partial charge in [-0.05, 0) is 6.92 Å². The highest BCUT2D eigenvalue weighted by Gasteiger charge is 1.98. The molecule has 0 aliphatic rings. The highest BCUT2D eigenvalue weighted by Crippen LogP contribution is 1.90. The maximum atomic E-state index is 10.9. The van der Waals surface area contributed by atoms with E-state index in [2.05, 4.69) is 15.5 Å². The van der Waals surface area contributed by atoms with Gasteiger partial charge < -0.3 is 14.6 Å². The van der Waals surface area contributed by atoms with E-state index in [1.54, 1.807) is 19.3 Å². The maximum Gasteiger partial charge on any atom is 0.330 e. The van der Waals surface area contributed by atoms with E-state index in [0.29, 0.717) is 13.2 Å². The standard InChI is InChI=1S/C11H18N4O2/c1-3-17-11(16)5-4-7-12-8-6-10-14-13-9-15(10)2/h4-5,9,12H,3,6-8H2,1-2H3/b5-4+. The average Bonchev–Trinajstić information content (AvgIpc) is 2.70. The van der Waals surface area contributed by atoms with Crippen molar-refractivity contribution in [2.24, 2.45) is 7.05 Å². The summed E-state index contributed by atoms with van der Waals surface area (Å²) >= 11 is 0. The lowest BCUT2D eigenvalue weighted by Gasteiger charge is -2.01. The van der Waals surface area contributed by atoms with Crippen molar-refractivity contribution in [1.29, 1.82) is 0 Å². The van der Waals surface area contributed by atoms with Crippen LogP contribution in [0.2, 0.25) is 0 Å². The minimum absolute atomic E-state index is 0.303. The van der Waals surface area contributed by atoms with E-state index in [4.69, 9.17) is 4.74 Å². The molecular weight excluding hydrogens is 220 g/mol. The van der Waals surface area contributed by atoms with Crippen molar-refractivity contribution >= 4 is 5.97 Å². The van der Waals surface area contributed by atoms with E-state index >= 15 is 0 Å². The third-order valence-corrected chi connectivity index (χ3v) is 2.13. The minimum atomic E-state index is -0.303. The zero-order valence-corrected chi connectivity index (χ0v) is 10.2. The largest absolute Gasteiger partial charge is 0.463 e. The van der Waals surface area contributed by atoms with Gasteiger partial charge in [-0.1, -0.05) is 6.08 Å². The molecule has 0 atom stereocenters. The molecule has 6 nitrogen and oxygen atoms in total. The van der Waals surface area contributed by atoms with Crippen molar-refractivity contribution in [1.82, 2.24) is 20.1 Å². The second kappa shape index (κ2) is 7.56. The molecule has 1 aromatic rings. The fraction of sp³-hybridized carbons (Fsp3) is 0.545. The van der Waals surface area contributed by atoms with E-state index in [0.717, 1.165) is 18.8 Å². The zero-order chi connectivity index (χ0) is 12.5. The Hall–Kier alpha value is -1.69. The lowest BCUT2D eigenvalue weighted by atomic mass is 10.4. The highest BCUT2D eigenvalue weighted by atomic mass is 16.5. The molecular formula is C11H18N4O2. The van der Waals surface area contributed by atoms with Gasteiger partial charge in [0.15, 0.2) is 0 Å². The Balaban J connectivity index is 2.09. The number of ether oxygens (including phenoxy) is 1. The minimum Gasteiger partial charge on any atom is -0.463 e. The van der Waals surface area contributed by atoms with Gasteiger partial charge in [0.25, 0.3) is 0 Å². The van der Waals surface area contributed by atoms with Crippen molar-refractivity contribution < 1.29 is 9.53 Å². The fourth-order valence-corrected chi connectivity index (χ4v) is 1.26. The summed E-state index contributed by atoms with van der Waals surface area (Å²) in [5.41, 5.74) is 0. The van der Waals surface area contributed by atoms with Crippen LogP contribution in [0.15, 0.2) is 18.5 Å². The third kappa shape index (κ3) is 5.26. The number of esters is 1. The third-order valence-electron chi connectivity index (χ3n) is 2.13. The molecule has 0 saturated carbocycles. The Morgan fingerprint density at radius 2 is 2.47 bits per heavy atom. The lowest BCUT2D eigenvalue weighted by Crippen LogP contribution is -2.18. The van der Waals surface area contributed by atoms with Crippen molar-refractivity contribution in [3.8, 4) is 0 Å². The summed E-state index contributed by atoms with van der Waals surface area (Å²) < 4.78 is 6.63. The number of carbonyl (C=O) groups is 1. The lowest BCUT2D eigenvalue weighted by molar-refractivity contribution is -0.137. The van der Waals surface area contributed by atoms with Gasteiger partial charge in [0.1, 0.15) is 12.2 Å². The van der Waals surface area contributed by atoms with Crippen LogP contribution < -0.4 is 5.32 Å². The van der Waals surface area contributed by atoms with Crippen molar-refractivity contribution in [3.63, 3.8) is 0 Å². The summed E-state index contributed by atoms with van der Waals surface area (Å²) in [6.07, 6.45) is 5.66. The summed E-state index contributed by atoms with van der Waals surface area (Å²) in [4.78, 5) is 10.9. The van der Waals surface area contributed by atoms with E-state index < -0.39 is 0 Å². The molecule has 0 aliphatic carbocycles. The quantitative estimate of drug-likeness (QED) is 0.413. The SMILES string of the molecule is CCOC(=O)/C=C/CNCCc1nncn1C. The van der Waals surface area contributed by atoms with Crippen LogP contribution in [0.25, 0.3) is 0 Å². The first-order chi connectivity index (χ1) is 8.24. The first-order valence-corrected chi connectivity index (χ1v) is 5.61. The maximum absolute atomic E-state index is 10.9. The van der Waals surface area contributed by atoms with Gasteiger partial charge in [-0.3, -0.25) is 0 Å². The number of rotatable bonds is 7. The van der Waals surface area contributed by atoms with Gasteiger partial charge in [0.2, 0.25) is 0 Å². The molecule has 0 amide bonds. The molecule has 1 heterocycles. The van der Waals surface area contributed by atoms with E-state index in [1.165, 1.54) is 6.08 Å². The number of aryl methyl sites for hydroxylation is 1. The number of aromatic nitrogens is 3. The van der Waals surface area contributed by atoms with Gasteiger partial charge in [-0.2, -0.15) is 0 Å². The first-order valence-electron chi connectivity index (χ1n) is 5.61. The predicted molar refractivity (Wildman–Crippen MR) is 63.3 cm³/mol. The smallest absolute Gasteiger partial charge is 0.330 e. The monoisotopic (exact) mass is 238 g/mol. The molecule has 0 fully saturated rings. The van der Waals surface area contributed by atoms with E-state index in [-0.39, 0.29) is 5.97 Å². The number of carbonyl (C=O) groups excluding carboxylic acids is 1. The topological polar surface area (TPSA) is 69.0 Å². The molecule has 1 aromatic heterocycles. The van der Waals surface area contributed by atoms with Gasteiger partial charge in [0.05, 0.1) is 6.61 Å². The molecule has 0 radical (unpaired) electrons. The summed E-state index contributed by atoms with van der Waals surface area (Å²) in [6.45, 7) is 3.62. The second-order valence-electron chi connectivity index (χ2n) is 3.47. The second-order valence-corrected chi connectivity index (χ2v) is 3.47. The zero-order valence-electron chi connectivity index (χ0n) is 10.2. The molecule has 0 bridgehead atoms. The first kappa shape index (κ1) is 13.4. The van der Waals surface area contributed by atoms with Gasteiger partial charge in [-0.15, -0.1) is 10.2 Å². The molecule has 94 valence electrons. The predicted octanol–water partition coefficient (Wildman–Crippen LogP) is 0.0665. The number of hydrogen-bond acceptors (Lipinski definition) is 5. The molecule has 0 saturated heterocycles. The van der Waals surface area contributed by atoms with Crippen LogP contribution in [0, 0.1) is 0 Å². The van der Waals surface area contributed by atoms with Crippen molar-refractivity contribution in [2.75, 3.05) is 19.7 Å². The normalized spacial score (nSPS) is 10.9. The summed E-state index contributed by atoms with van der Waals surface area (Å²) in [6, 6.07) is 0. The Morgan fingerprint density at radius 1 is 1.65 bits per heavy atom. The molecule has 1 N–H and O–H groups in total. The molecule has 0 spiro atoms. The van der Waals surface area contributed by atoms with Gasteiger partial charge >= 0.3 is 5.97 Å². The van der Waals surface area contributed by atoms with E-state index in [9.17, 15) is 4.79 Å². The molecule has 0 unspecified atom stereocenters.